The molecule has 1 aromatic rings. The first-order chi connectivity index (χ1) is 10.1. The van der Waals surface area contributed by atoms with Gasteiger partial charge in [0, 0.05) is 6.54 Å². The number of ether oxygens (including phenoxy) is 2. The molecular formula is C17H26ClNO2. The Morgan fingerprint density at radius 2 is 2.00 bits per heavy atom. The standard InChI is InChI=1S/C17H26ClNO2/c1-12(2)10-19-11-13-8-15(18)17(16(9-13)20-3)21-14-6-4-5-7-14/h8-9,12,14,19H,4-7,10-11H2,1-3H3. The fourth-order valence-corrected chi connectivity index (χ4v) is 2.95. The summed E-state index contributed by atoms with van der Waals surface area (Å²) in [6, 6.07) is 3.99. The lowest BCUT2D eigenvalue weighted by atomic mass is 10.1. The normalized spacial score (nSPS) is 15.7. The van der Waals surface area contributed by atoms with E-state index in [9.17, 15) is 0 Å². The molecule has 1 aliphatic carbocycles. The maximum atomic E-state index is 6.40. The van der Waals surface area contributed by atoms with Crippen molar-refractivity contribution in [2.24, 2.45) is 5.92 Å². The van der Waals surface area contributed by atoms with E-state index in [1.807, 2.05) is 12.1 Å². The summed E-state index contributed by atoms with van der Waals surface area (Å²) in [7, 11) is 1.67. The highest BCUT2D eigenvalue weighted by molar-refractivity contribution is 6.32. The molecule has 0 radical (unpaired) electrons. The van der Waals surface area contributed by atoms with E-state index in [1.165, 1.54) is 12.8 Å². The molecule has 21 heavy (non-hydrogen) atoms. The second-order valence-corrected chi connectivity index (χ2v) is 6.57. The average Bonchev–Trinajstić information content (AvgIpc) is 2.94. The van der Waals surface area contributed by atoms with Gasteiger partial charge in [-0.2, -0.15) is 0 Å². The van der Waals surface area contributed by atoms with Crippen molar-refractivity contribution in [3.8, 4) is 11.5 Å². The summed E-state index contributed by atoms with van der Waals surface area (Å²) in [5.74, 6) is 2.06. The Morgan fingerprint density at radius 3 is 2.62 bits per heavy atom. The molecule has 0 spiro atoms. The van der Waals surface area contributed by atoms with Crippen molar-refractivity contribution >= 4 is 11.6 Å². The number of nitrogens with one attached hydrogen (secondary N) is 1. The summed E-state index contributed by atoms with van der Waals surface area (Å²) < 4.78 is 11.5. The lowest BCUT2D eigenvalue weighted by Gasteiger charge is -2.18. The summed E-state index contributed by atoms with van der Waals surface area (Å²) in [4.78, 5) is 0. The second kappa shape index (κ2) is 7.90. The molecule has 0 heterocycles. The third kappa shape index (κ3) is 4.79. The molecule has 0 saturated heterocycles. The SMILES string of the molecule is COc1cc(CNCC(C)C)cc(Cl)c1OC1CCCC1. The quantitative estimate of drug-likeness (QED) is 0.808. The molecule has 118 valence electrons. The first kappa shape index (κ1) is 16.4. The number of benzene rings is 1. The zero-order valence-corrected chi connectivity index (χ0v) is 14.0. The topological polar surface area (TPSA) is 30.5 Å². The van der Waals surface area contributed by atoms with Gasteiger partial charge >= 0.3 is 0 Å². The van der Waals surface area contributed by atoms with Gasteiger partial charge in [-0.15, -0.1) is 0 Å². The minimum atomic E-state index is 0.279. The first-order valence-corrected chi connectivity index (χ1v) is 8.21. The number of rotatable bonds is 7. The number of methoxy groups -OCH3 is 1. The molecule has 4 heteroatoms. The third-order valence-corrected chi connectivity index (χ3v) is 4.04. The Morgan fingerprint density at radius 1 is 1.29 bits per heavy atom. The van der Waals surface area contributed by atoms with E-state index in [4.69, 9.17) is 21.1 Å². The molecule has 1 saturated carbocycles. The van der Waals surface area contributed by atoms with Gasteiger partial charge < -0.3 is 14.8 Å². The van der Waals surface area contributed by atoms with Crippen molar-refractivity contribution in [2.75, 3.05) is 13.7 Å². The smallest absolute Gasteiger partial charge is 0.180 e. The highest BCUT2D eigenvalue weighted by Gasteiger charge is 2.20. The van der Waals surface area contributed by atoms with Crippen molar-refractivity contribution in [3.63, 3.8) is 0 Å². The van der Waals surface area contributed by atoms with Gasteiger partial charge in [0.15, 0.2) is 11.5 Å². The summed E-state index contributed by atoms with van der Waals surface area (Å²) in [5, 5.41) is 4.06. The minimum Gasteiger partial charge on any atom is -0.493 e. The lowest BCUT2D eigenvalue weighted by molar-refractivity contribution is 0.201. The molecule has 0 atom stereocenters. The molecule has 0 aromatic heterocycles. The highest BCUT2D eigenvalue weighted by Crippen LogP contribution is 2.38. The van der Waals surface area contributed by atoms with Gasteiger partial charge in [-0.3, -0.25) is 0 Å². The summed E-state index contributed by atoms with van der Waals surface area (Å²) in [6.45, 7) is 6.16. The minimum absolute atomic E-state index is 0.279. The predicted molar refractivity (Wildman–Crippen MR) is 87.4 cm³/mol. The molecule has 1 N–H and O–H groups in total. The van der Waals surface area contributed by atoms with E-state index < -0.39 is 0 Å². The van der Waals surface area contributed by atoms with Crippen LogP contribution < -0.4 is 14.8 Å². The van der Waals surface area contributed by atoms with E-state index in [-0.39, 0.29) is 6.10 Å². The molecule has 1 aliphatic rings. The van der Waals surface area contributed by atoms with Gasteiger partial charge in [-0.25, -0.2) is 0 Å². The number of hydrogen-bond donors (Lipinski definition) is 1. The summed E-state index contributed by atoms with van der Waals surface area (Å²) >= 11 is 6.40. The zero-order chi connectivity index (χ0) is 15.2. The van der Waals surface area contributed by atoms with Crippen LogP contribution in [-0.4, -0.2) is 19.8 Å². The molecule has 0 unspecified atom stereocenters. The van der Waals surface area contributed by atoms with Crippen molar-refractivity contribution in [1.29, 1.82) is 0 Å². The van der Waals surface area contributed by atoms with Crippen LogP contribution in [0.3, 0.4) is 0 Å². The van der Waals surface area contributed by atoms with E-state index >= 15 is 0 Å². The van der Waals surface area contributed by atoms with Crippen molar-refractivity contribution in [3.05, 3.63) is 22.7 Å². The Balaban J connectivity index is 2.07. The van der Waals surface area contributed by atoms with E-state index in [2.05, 4.69) is 19.2 Å². The third-order valence-electron chi connectivity index (χ3n) is 3.76. The van der Waals surface area contributed by atoms with Gasteiger partial charge in [0.2, 0.25) is 0 Å². The summed E-state index contributed by atoms with van der Waals surface area (Å²) in [6.07, 6.45) is 4.97. The van der Waals surface area contributed by atoms with Crippen LogP contribution in [-0.2, 0) is 6.54 Å². The molecule has 0 amide bonds. The molecule has 2 rings (SSSR count). The fraction of sp³-hybridized carbons (Fsp3) is 0.647. The van der Waals surface area contributed by atoms with Gasteiger partial charge in [0.25, 0.3) is 0 Å². The summed E-state index contributed by atoms with van der Waals surface area (Å²) in [5.41, 5.74) is 1.12. The van der Waals surface area contributed by atoms with E-state index in [0.29, 0.717) is 16.7 Å². The molecule has 0 aliphatic heterocycles. The zero-order valence-electron chi connectivity index (χ0n) is 13.2. The average molecular weight is 312 g/mol. The largest absolute Gasteiger partial charge is 0.493 e. The van der Waals surface area contributed by atoms with Crippen molar-refractivity contribution < 1.29 is 9.47 Å². The van der Waals surface area contributed by atoms with Gasteiger partial charge in [-0.05, 0) is 55.8 Å². The van der Waals surface area contributed by atoms with Crippen LogP contribution in [0.5, 0.6) is 11.5 Å². The fourth-order valence-electron chi connectivity index (χ4n) is 2.67. The Kier molecular flexibility index (Phi) is 6.19. The van der Waals surface area contributed by atoms with Crippen LogP contribution in [0, 0.1) is 5.92 Å². The number of halogens is 1. The van der Waals surface area contributed by atoms with Crippen LogP contribution in [0.15, 0.2) is 12.1 Å². The van der Waals surface area contributed by atoms with Crippen molar-refractivity contribution in [2.45, 2.75) is 52.2 Å². The second-order valence-electron chi connectivity index (χ2n) is 6.16. The Bertz CT molecular complexity index is 456. The maximum Gasteiger partial charge on any atom is 0.180 e. The van der Waals surface area contributed by atoms with Crippen LogP contribution in [0.1, 0.15) is 45.1 Å². The predicted octanol–water partition coefficient (Wildman–Crippen LogP) is 4.42. The van der Waals surface area contributed by atoms with Crippen LogP contribution >= 0.6 is 11.6 Å². The first-order valence-electron chi connectivity index (χ1n) is 7.84. The van der Waals surface area contributed by atoms with Gasteiger partial charge in [0.1, 0.15) is 0 Å². The van der Waals surface area contributed by atoms with Crippen LogP contribution in [0.4, 0.5) is 0 Å². The molecular weight excluding hydrogens is 286 g/mol. The number of hydrogen-bond acceptors (Lipinski definition) is 3. The maximum absolute atomic E-state index is 6.40. The van der Waals surface area contributed by atoms with Crippen LogP contribution in [0.2, 0.25) is 5.02 Å². The molecule has 3 nitrogen and oxygen atoms in total. The molecule has 1 aromatic carbocycles. The molecule has 1 fully saturated rings. The highest BCUT2D eigenvalue weighted by atomic mass is 35.5. The molecule has 0 bridgehead atoms. The van der Waals surface area contributed by atoms with E-state index in [0.717, 1.165) is 37.2 Å². The Labute approximate surface area is 133 Å². The monoisotopic (exact) mass is 311 g/mol. The van der Waals surface area contributed by atoms with Gasteiger partial charge in [0.05, 0.1) is 18.2 Å². The van der Waals surface area contributed by atoms with E-state index in [1.54, 1.807) is 7.11 Å². The lowest BCUT2D eigenvalue weighted by Crippen LogP contribution is -2.19. The van der Waals surface area contributed by atoms with Gasteiger partial charge in [-0.1, -0.05) is 25.4 Å². The van der Waals surface area contributed by atoms with Crippen molar-refractivity contribution in [1.82, 2.24) is 5.32 Å². The van der Waals surface area contributed by atoms with Crippen LogP contribution in [0.25, 0.3) is 0 Å². The Hall–Kier alpha value is -0.930.